The summed E-state index contributed by atoms with van der Waals surface area (Å²) >= 11 is 0. The Hall–Kier alpha value is -1.24. The van der Waals surface area contributed by atoms with Crippen LogP contribution in [0.2, 0.25) is 0 Å². The van der Waals surface area contributed by atoms with E-state index in [1.165, 1.54) is 22.3 Å². The van der Waals surface area contributed by atoms with E-state index in [2.05, 4.69) is 32.1 Å². The van der Waals surface area contributed by atoms with Gasteiger partial charge >= 0.3 is 0 Å². The molecule has 1 aliphatic carbocycles. The van der Waals surface area contributed by atoms with Gasteiger partial charge in [0.2, 0.25) is 0 Å². The topological polar surface area (TPSA) is 26.0 Å². The Labute approximate surface area is 85.6 Å². The second-order valence-corrected chi connectivity index (χ2v) is 3.88. The summed E-state index contributed by atoms with van der Waals surface area (Å²) < 4.78 is 0. The van der Waals surface area contributed by atoms with Crippen molar-refractivity contribution in [2.75, 3.05) is 0 Å². The van der Waals surface area contributed by atoms with Gasteiger partial charge in [0, 0.05) is 12.1 Å². The highest BCUT2D eigenvalue weighted by atomic mass is 14.6. The van der Waals surface area contributed by atoms with E-state index >= 15 is 0 Å². The predicted octanol–water partition coefficient (Wildman–Crippen LogP) is 2.67. The zero-order valence-electron chi connectivity index (χ0n) is 8.93. The highest BCUT2D eigenvalue weighted by Crippen LogP contribution is 2.28. The zero-order chi connectivity index (χ0) is 10.1. The third-order valence-electron chi connectivity index (χ3n) is 3.00. The first-order valence-corrected chi connectivity index (χ1v) is 5.36. The predicted molar refractivity (Wildman–Crippen MR) is 61.1 cm³/mol. The molecule has 0 atom stereocenters. The van der Waals surface area contributed by atoms with Gasteiger partial charge in [-0.2, -0.15) is 0 Å². The molecule has 0 bridgehead atoms. The molecule has 0 spiro atoms. The summed E-state index contributed by atoms with van der Waals surface area (Å²) in [7, 11) is 0. The molecule has 1 aliphatic rings. The van der Waals surface area contributed by atoms with Gasteiger partial charge in [-0.25, -0.2) is 0 Å². The van der Waals surface area contributed by atoms with Crippen LogP contribution in [0.4, 0.5) is 0 Å². The molecule has 0 amide bonds. The standard InChI is InChI=1S/C13H17N/c1-3-9-5-6-10-7-11(14)8-13(10)12(9)4-2/h5-6,8H,3-4,7,14H2,1-2H3. The molecule has 0 aromatic heterocycles. The molecule has 1 aromatic carbocycles. The first-order valence-electron chi connectivity index (χ1n) is 5.36. The van der Waals surface area contributed by atoms with Crippen molar-refractivity contribution >= 4 is 6.08 Å². The highest BCUT2D eigenvalue weighted by Gasteiger charge is 2.15. The Morgan fingerprint density at radius 2 is 2.00 bits per heavy atom. The lowest BCUT2D eigenvalue weighted by atomic mass is 9.94. The van der Waals surface area contributed by atoms with Crippen LogP contribution in [0.3, 0.4) is 0 Å². The summed E-state index contributed by atoms with van der Waals surface area (Å²) in [6, 6.07) is 4.48. The summed E-state index contributed by atoms with van der Waals surface area (Å²) in [5.41, 5.74) is 12.6. The molecule has 1 nitrogen and oxygen atoms in total. The minimum atomic E-state index is 0.937. The first-order chi connectivity index (χ1) is 6.76. The van der Waals surface area contributed by atoms with Crippen LogP contribution >= 0.6 is 0 Å². The van der Waals surface area contributed by atoms with Crippen molar-refractivity contribution in [1.82, 2.24) is 0 Å². The van der Waals surface area contributed by atoms with E-state index < -0.39 is 0 Å². The van der Waals surface area contributed by atoms with Crippen LogP contribution in [-0.2, 0) is 19.3 Å². The number of aryl methyl sites for hydroxylation is 1. The lowest BCUT2D eigenvalue weighted by Gasteiger charge is -2.10. The molecule has 2 rings (SSSR count). The van der Waals surface area contributed by atoms with Crippen LogP contribution in [-0.4, -0.2) is 0 Å². The Kier molecular flexibility index (Phi) is 2.32. The third-order valence-corrected chi connectivity index (χ3v) is 3.00. The second-order valence-electron chi connectivity index (χ2n) is 3.88. The molecule has 1 aromatic rings. The molecule has 0 fully saturated rings. The number of benzene rings is 1. The van der Waals surface area contributed by atoms with E-state index in [1.54, 1.807) is 0 Å². The van der Waals surface area contributed by atoms with E-state index in [0.29, 0.717) is 0 Å². The van der Waals surface area contributed by atoms with Gasteiger partial charge in [-0.1, -0.05) is 26.0 Å². The van der Waals surface area contributed by atoms with Crippen molar-refractivity contribution < 1.29 is 0 Å². The third kappa shape index (κ3) is 1.33. The average molecular weight is 187 g/mol. The molecular formula is C13H17N. The zero-order valence-corrected chi connectivity index (χ0v) is 8.93. The van der Waals surface area contributed by atoms with E-state index in [-0.39, 0.29) is 0 Å². The van der Waals surface area contributed by atoms with E-state index in [9.17, 15) is 0 Å². The lowest BCUT2D eigenvalue weighted by molar-refractivity contribution is 1.02. The van der Waals surface area contributed by atoms with Crippen LogP contribution in [0.5, 0.6) is 0 Å². The van der Waals surface area contributed by atoms with Gasteiger partial charge in [-0.05, 0) is 41.2 Å². The molecular weight excluding hydrogens is 170 g/mol. The van der Waals surface area contributed by atoms with Gasteiger partial charge < -0.3 is 5.73 Å². The van der Waals surface area contributed by atoms with Crippen LogP contribution < -0.4 is 5.73 Å². The Balaban J connectivity index is 2.58. The SMILES string of the molecule is CCc1ccc2c(c1CC)C=C(N)C2. The van der Waals surface area contributed by atoms with E-state index in [4.69, 9.17) is 5.73 Å². The van der Waals surface area contributed by atoms with Gasteiger partial charge in [0.05, 0.1) is 0 Å². The van der Waals surface area contributed by atoms with E-state index in [0.717, 1.165) is 25.0 Å². The average Bonchev–Trinajstić information content (AvgIpc) is 2.56. The molecule has 14 heavy (non-hydrogen) atoms. The fourth-order valence-corrected chi connectivity index (χ4v) is 2.30. The number of hydrogen-bond acceptors (Lipinski definition) is 1. The molecule has 0 saturated heterocycles. The first kappa shape index (κ1) is 9.32. The molecule has 0 saturated carbocycles. The van der Waals surface area contributed by atoms with Crippen molar-refractivity contribution in [3.05, 3.63) is 40.1 Å². The summed E-state index contributed by atoms with van der Waals surface area (Å²) in [4.78, 5) is 0. The Morgan fingerprint density at radius 3 is 2.64 bits per heavy atom. The fraction of sp³-hybridized carbons (Fsp3) is 0.385. The van der Waals surface area contributed by atoms with Crippen LogP contribution in [0.15, 0.2) is 17.8 Å². The molecule has 0 heterocycles. The van der Waals surface area contributed by atoms with Gasteiger partial charge in [0.25, 0.3) is 0 Å². The number of allylic oxidation sites excluding steroid dienone is 1. The number of nitrogens with two attached hydrogens (primary N) is 1. The molecule has 0 unspecified atom stereocenters. The lowest BCUT2D eigenvalue weighted by Crippen LogP contribution is -1.97. The smallest absolute Gasteiger partial charge is 0.0131 e. The number of hydrogen-bond donors (Lipinski definition) is 1. The summed E-state index contributed by atoms with van der Waals surface area (Å²) in [6.07, 6.45) is 5.31. The van der Waals surface area contributed by atoms with Crippen LogP contribution in [0.1, 0.15) is 36.1 Å². The molecule has 1 heteroatoms. The molecule has 2 N–H and O–H groups in total. The van der Waals surface area contributed by atoms with E-state index in [1.807, 2.05) is 0 Å². The van der Waals surface area contributed by atoms with Crippen LogP contribution in [0, 0.1) is 0 Å². The maximum absolute atomic E-state index is 5.86. The van der Waals surface area contributed by atoms with Crippen LogP contribution in [0.25, 0.3) is 6.08 Å². The van der Waals surface area contributed by atoms with Crippen molar-refractivity contribution in [2.45, 2.75) is 33.1 Å². The van der Waals surface area contributed by atoms with Gasteiger partial charge in [-0.15, -0.1) is 0 Å². The van der Waals surface area contributed by atoms with Gasteiger partial charge in [0.1, 0.15) is 0 Å². The number of rotatable bonds is 2. The molecule has 0 radical (unpaired) electrons. The minimum absolute atomic E-state index is 0.937. The normalized spacial score (nSPS) is 14.0. The summed E-state index contributed by atoms with van der Waals surface area (Å²) in [5, 5.41) is 0. The second kappa shape index (κ2) is 3.49. The summed E-state index contributed by atoms with van der Waals surface area (Å²) in [6.45, 7) is 4.43. The molecule has 0 aliphatic heterocycles. The Bertz CT molecular complexity index is 388. The Morgan fingerprint density at radius 1 is 1.21 bits per heavy atom. The highest BCUT2D eigenvalue weighted by molar-refractivity contribution is 5.67. The van der Waals surface area contributed by atoms with Crippen molar-refractivity contribution in [2.24, 2.45) is 5.73 Å². The molecule has 74 valence electrons. The largest absolute Gasteiger partial charge is 0.402 e. The van der Waals surface area contributed by atoms with Crippen molar-refractivity contribution in [3.8, 4) is 0 Å². The maximum atomic E-state index is 5.86. The number of fused-ring (bicyclic) bond motifs is 1. The van der Waals surface area contributed by atoms with Gasteiger partial charge in [-0.3, -0.25) is 0 Å². The fourth-order valence-electron chi connectivity index (χ4n) is 2.30. The van der Waals surface area contributed by atoms with Gasteiger partial charge in [0.15, 0.2) is 0 Å². The maximum Gasteiger partial charge on any atom is 0.0131 e. The quantitative estimate of drug-likeness (QED) is 0.756. The minimum Gasteiger partial charge on any atom is -0.402 e. The summed E-state index contributed by atoms with van der Waals surface area (Å²) in [5.74, 6) is 0. The van der Waals surface area contributed by atoms with Crippen molar-refractivity contribution in [1.29, 1.82) is 0 Å². The monoisotopic (exact) mass is 187 g/mol. The van der Waals surface area contributed by atoms with Crippen molar-refractivity contribution in [3.63, 3.8) is 0 Å².